The van der Waals surface area contributed by atoms with Crippen LogP contribution in [0.1, 0.15) is 13.3 Å². The molecule has 2 atom stereocenters. The van der Waals surface area contributed by atoms with E-state index in [1.54, 1.807) is 17.0 Å². The molecule has 2 aliphatic heterocycles. The maximum atomic E-state index is 12.6. The van der Waals surface area contributed by atoms with Gasteiger partial charge in [0.1, 0.15) is 11.5 Å². The molecule has 0 saturated carbocycles. The highest BCUT2D eigenvalue weighted by molar-refractivity contribution is 6.32. The monoisotopic (exact) mass is 440 g/mol. The number of hydrogen-bond donors (Lipinski definition) is 0. The van der Waals surface area contributed by atoms with Crippen LogP contribution in [0.5, 0.6) is 11.5 Å². The zero-order valence-electron chi connectivity index (χ0n) is 17.2. The number of amides is 2. The lowest BCUT2D eigenvalue weighted by Gasteiger charge is -2.29. The van der Waals surface area contributed by atoms with E-state index in [4.69, 9.17) is 30.5 Å². The molecule has 0 radical (unpaired) electrons. The topological polar surface area (TPSA) is 94.6 Å². The van der Waals surface area contributed by atoms with Crippen molar-refractivity contribution in [1.82, 2.24) is 4.90 Å². The van der Waals surface area contributed by atoms with Gasteiger partial charge in [0.25, 0.3) is 5.91 Å². The predicted octanol–water partition coefficient (Wildman–Crippen LogP) is 1.50. The van der Waals surface area contributed by atoms with Gasteiger partial charge in [-0.05, 0) is 13.0 Å². The quantitative estimate of drug-likeness (QED) is 0.618. The number of anilines is 1. The van der Waals surface area contributed by atoms with E-state index in [1.165, 1.54) is 26.0 Å². The number of morpholine rings is 1. The molecule has 0 bridgehead atoms. The summed E-state index contributed by atoms with van der Waals surface area (Å²) in [6, 6.07) is 3.15. The number of esters is 1. The van der Waals surface area contributed by atoms with Gasteiger partial charge < -0.3 is 28.7 Å². The Bertz CT molecular complexity index is 826. The average Bonchev–Trinajstić information content (AvgIpc) is 3.15. The molecule has 0 unspecified atom stereocenters. The van der Waals surface area contributed by atoms with Gasteiger partial charge in [0, 0.05) is 32.1 Å². The number of hydrogen-bond acceptors (Lipinski definition) is 7. The molecule has 2 heterocycles. The van der Waals surface area contributed by atoms with Crippen LogP contribution in [-0.4, -0.2) is 75.9 Å². The molecule has 2 saturated heterocycles. The summed E-state index contributed by atoms with van der Waals surface area (Å²) in [5.74, 6) is -0.994. The molecule has 164 valence electrons. The van der Waals surface area contributed by atoms with Crippen LogP contribution in [0, 0.1) is 5.92 Å². The molecule has 1 aromatic rings. The standard InChI is InChI=1S/C20H25ClN2O7/c1-12(19(25)22-4-6-29-7-5-22)30-20(26)13-8-18(24)23(11-13)15-9-14(21)16(27-2)10-17(15)28-3/h9-10,12-13H,4-8,11H2,1-3H3/t12-,13-/m1/s1. The number of methoxy groups -OCH3 is 2. The fourth-order valence-corrected chi connectivity index (χ4v) is 3.75. The molecule has 9 nitrogen and oxygen atoms in total. The fourth-order valence-electron chi connectivity index (χ4n) is 3.52. The van der Waals surface area contributed by atoms with Crippen molar-refractivity contribution in [3.63, 3.8) is 0 Å². The molecule has 2 amide bonds. The molecular weight excluding hydrogens is 416 g/mol. The third-order valence-corrected chi connectivity index (χ3v) is 5.46. The average molecular weight is 441 g/mol. The van der Waals surface area contributed by atoms with Gasteiger partial charge in [-0.3, -0.25) is 14.4 Å². The first-order valence-corrected chi connectivity index (χ1v) is 10.0. The summed E-state index contributed by atoms with van der Waals surface area (Å²) in [5.41, 5.74) is 0.445. The van der Waals surface area contributed by atoms with Crippen molar-refractivity contribution in [2.24, 2.45) is 5.92 Å². The Labute approximate surface area is 179 Å². The van der Waals surface area contributed by atoms with Gasteiger partial charge in [0.15, 0.2) is 6.10 Å². The second-order valence-electron chi connectivity index (χ2n) is 7.08. The third kappa shape index (κ3) is 4.62. The number of carbonyl (C=O) groups is 3. The summed E-state index contributed by atoms with van der Waals surface area (Å²) in [5, 5.41) is 0.317. The van der Waals surface area contributed by atoms with Crippen LogP contribution in [0.3, 0.4) is 0 Å². The van der Waals surface area contributed by atoms with Crippen molar-refractivity contribution in [2.75, 3.05) is 52.0 Å². The Hall–Kier alpha value is -2.52. The molecule has 10 heteroatoms. The Balaban J connectivity index is 1.67. The number of ether oxygens (including phenoxy) is 4. The van der Waals surface area contributed by atoms with Crippen molar-refractivity contribution in [1.29, 1.82) is 0 Å². The molecule has 1 aromatic carbocycles. The zero-order valence-corrected chi connectivity index (χ0v) is 17.9. The van der Waals surface area contributed by atoms with Crippen LogP contribution >= 0.6 is 11.6 Å². The molecule has 0 aliphatic carbocycles. The minimum absolute atomic E-state index is 0.0237. The smallest absolute Gasteiger partial charge is 0.312 e. The molecule has 0 N–H and O–H groups in total. The Morgan fingerprint density at radius 2 is 1.83 bits per heavy atom. The Kier molecular flexibility index (Phi) is 7.04. The first kappa shape index (κ1) is 22.2. The van der Waals surface area contributed by atoms with Gasteiger partial charge in [-0.25, -0.2) is 0 Å². The SMILES string of the molecule is COc1cc(OC)c(N2C[C@H](C(=O)O[C@H](C)C(=O)N3CCOCC3)CC2=O)cc1Cl. The van der Waals surface area contributed by atoms with E-state index < -0.39 is 18.0 Å². The van der Waals surface area contributed by atoms with Gasteiger partial charge in [-0.1, -0.05) is 11.6 Å². The van der Waals surface area contributed by atoms with Crippen LogP contribution in [0.2, 0.25) is 5.02 Å². The lowest BCUT2D eigenvalue weighted by atomic mass is 10.1. The van der Waals surface area contributed by atoms with E-state index >= 15 is 0 Å². The lowest BCUT2D eigenvalue weighted by molar-refractivity contribution is -0.163. The minimum Gasteiger partial charge on any atom is -0.495 e. The zero-order chi connectivity index (χ0) is 21.8. The first-order valence-electron chi connectivity index (χ1n) is 9.64. The van der Waals surface area contributed by atoms with E-state index in [9.17, 15) is 14.4 Å². The first-order chi connectivity index (χ1) is 14.3. The van der Waals surface area contributed by atoms with E-state index in [0.717, 1.165) is 0 Å². The van der Waals surface area contributed by atoms with E-state index in [0.29, 0.717) is 48.5 Å². The summed E-state index contributed by atoms with van der Waals surface area (Å²) >= 11 is 6.20. The van der Waals surface area contributed by atoms with Crippen molar-refractivity contribution in [3.8, 4) is 11.5 Å². The van der Waals surface area contributed by atoms with Crippen molar-refractivity contribution in [3.05, 3.63) is 17.2 Å². The summed E-state index contributed by atoms with van der Waals surface area (Å²) < 4.78 is 21.1. The second-order valence-corrected chi connectivity index (χ2v) is 7.49. The Morgan fingerprint density at radius 3 is 2.47 bits per heavy atom. The maximum absolute atomic E-state index is 12.6. The minimum atomic E-state index is -0.926. The van der Waals surface area contributed by atoms with Crippen LogP contribution < -0.4 is 14.4 Å². The van der Waals surface area contributed by atoms with Crippen LogP contribution in [0.15, 0.2) is 12.1 Å². The van der Waals surface area contributed by atoms with Crippen LogP contribution in [0.4, 0.5) is 5.69 Å². The summed E-state index contributed by atoms with van der Waals surface area (Å²) in [6.07, 6.45) is -0.950. The van der Waals surface area contributed by atoms with Crippen molar-refractivity contribution < 1.29 is 33.3 Å². The van der Waals surface area contributed by atoms with Crippen molar-refractivity contribution in [2.45, 2.75) is 19.4 Å². The molecule has 0 aromatic heterocycles. The number of rotatable bonds is 6. The summed E-state index contributed by atoms with van der Waals surface area (Å²) in [4.78, 5) is 40.7. The van der Waals surface area contributed by atoms with Crippen molar-refractivity contribution >= 4 is 35.1 Å². The van der Waals surface area contributed by atoms with E-state index in [-0.39, 0.29) is 24.8 Å². The van der Waals surface area contributed by atoms with Gasteiger partial charge in [-0.2, -0.15) is 0 Å². The van der Waals surface area contributed by atoms with Crippen LogP contribution in [0.25, 0.3) is 0 Å². The number of halogens is 1. The summed E-state index contributed by atoms with van der Waals surface area (Å²) in [6.45, 7) is 3.50. The van der Waals surface area contributed by atoms with E-state index in [2.05, 4.69) is 0 Å². The van der Waals surface area contributed by atoms with Crippen LogP contribution in [-0.2, 0) is 23.9 Å². The largest absolute Gasteiger partial charge is 0.495 e. The summed E-state index contributed by atoms with van der Waals surface area (Å²) in [7, 11) is 2.95. The molecule has 2 fully saturated rings. The normalized spacial score (nSPS) is 20.1. The molecule has 2 aliphatic rings. The number of benzene rings is 1. The predicted molar refractivity (Wildman–Crippen MR) is 108 cm³/mol. The Morgan fingerprint density at radius 1 is 1.17 bits per heavy atom. The molecule has 30 heavy (non-hydrogen) atoms. The van der Waals surface area contributed by atoms with Gasteiger partial charge >= 0.3 is 5.97 Å². The van der Waals surface area contributed by atoms with Gasteiger partial charge in [0.2, 0.25) is 5.91 Å². The molecular formula is C20H25ClN2O7. The van der Waals surface area contributed by atoms with Gasteiger partial charge in [0.05, 0.1) is 44.1 Å². The molecule has 0 spiro atoms. The number of nitrogens with zero attached hydrogens (tertiary/aromatic N) is 2. The highest BCUT2D eigenvalue weighted by Gasteiger charge is 2.39. The fraction of sp³-hybridized carbons (Fsp3) is 0.550. The highest BCUT2D eigenvalue weighted by atomic mass is 35.5. The maximum Gasteiger partial charge on any atom is 0.312 e. The number of carbonyl (C=O) groups excluding carboxylic acids is 3. The highest BCUT2D eigenvalue weighted by Crippen LogP contribution is 2.40. The molecule has 3 rings (SSSR count). The van der Waals surface area contributed by atoms with Gasteiger partial charge in [-0.15, -0.1) is 0 Å². The van der Waals surface area contributed by atoms with E-state index in [1.807, 2.05) is 0 Å². The third-order valence-electron chi connectivity index (χ3n) is 5.17. The lowest BCUT2D eigenvalue weighted by Crippen LogP contribution is -2.46. The second kappa shape index (κ2) is 9.53.